The number of fused-ring (bicyclic) bond motifs is 1. The highest BCUT2D eigenvalue weighted by atomic mass is 35.5. The molecule has 3 rings (SSSR count). The molecule has 0 fully saturated rings. The molecule has 0 aliphatic heterocycles. The minimum Gasteiger partial charge on any atom is -0.497 e. The predicted molar refractivity (Wildman–Crippen MR) is 88.8 cm³/mol. The summed E-state index contributed by atoms with van der Waals surface area (Å²) in [5.74, 6) is 1.61. The Morgan fingerprint density at radius 1 is 1.35 bits per heavy atom. The molecule has 0 aliphatic rings. The van der Waals surface area contributed by atoms with Crippen LogP contribution < -0.4 is 4.74 Å². The zero-order chi connectivity index (χ0) is 12.4. The number of methoxy groups -OCH3 is 1. The largest absolute Gasteiger partial charge is 0.497 e. The molecule has 4 nitrogen and oxygen atoms in total. The molecule has 0 bridgehead atoms. The molecule has 0 radical (unpaired) electrons. The molecule has 108 valence electrons. The number of halogens is 2. The van der Waals surface area contributed by atoms with Gasteiger partial charge in [-0.15, -0.1) is 36.2 Å². The molecule has 3 aromatic rings. The molecule has 0 amide bonds. The van der Waals surface area contributed by atoms with Crippen LogP contribution in [0.3, 0.4) is 0 Å². The van der Waals surface area contributed by atoms with Crippen molar-refractivity contribution in [3.05, 3.63) is 34.8 Å². The van der Waals surface area contributed by atoms with E-state index in [0.29, 0.717) is 0 Å². The van der Waals surface area contributed by atoms with E-state index in [0.717, 1.165) is 33.4 Å². The van der Waals surface area contributed by atoms with E-state index in [1.165, 1.54) is 0 Å². The Morgan fingerprint density at radius 2 is 2.20 bits per heavy atom. The lowest BCUT2D eigenvalue weighted by Gasteiger charge is -2.02. The lowest BCUT2D eigenvalue weighted by atomic mass is 10.3. The highest BCUT2D eigenvalue weighted by Crippen LogP contribution is 2.25. The number of thiophene rings is 1. The number of aromatic amines is 1. The van der Waals surface area contributed by atoms with Gasteiger partial charge in [-0.25, -0.2) is 4.98 Å². The van der Waals surface area contributed by atoms with Crippen LogP contribution in [0.4, 0.5) is 0 Å². The van der Waals surface area contributed by atoms with Gasteiger partial charge in [0.2, 0.25) is 0 Å². The van der Waals surface area contributed by atoms with E-state index in [1.54, 1.807) is 36.4 Å². The normalized spacial score (nSPS) is 9.85. The molecule has 3 heterocycles. The Bertz CT molecular complexity index is 643. The zero-order valence-electron chi connectivity index (χ0n) is 10.5. The highest BCUT2D eigenvalue weighted by molar-refractivity contribution is 7.98. The summed E-state index contributed by atoms with van der Waals surface area (Å²) in [6.45, 7) is 0. The maximum Gasteiger partial charge on any atom is 0.166 e. The van der Waals surface area contributed by atoms with E-state index in [2.05, 4.69) is 20.3 Å². The predicted octanol–water partition coefficient (Wildman–Crippen LogP) is 4.16. The van der Waals surface area contributed by atoms with Gasteiger partial charge in [-0.2, -0.15) is 0 Å². The van der Waals surface area contributed by atoms with E-state index in [4.69, 9.17) is 4.74 Å². The van der Waals surface area contributed by atoms with Crippen LogP contribution in [-0.2, 0) is 5.75 Å². The van der Waals surface area contributed by atoms with Gasteiger partial charge in [0, 0.05) is 28.8 Å². The van der Waals surface area contributed by atoms with Crippen molar-refractivity contribution >= 4 is 58.9 Å². The summed E-state index contributed by atoms with van der Waals surface area (Å²) in [7, 11) is 1.66. The zero-order valence-corrected chi connectivity index (χ0v) is 13.8. The second kappa shape index (κ2) is 7.73. The topological polar surface area (TPSA) is 50.8 Å². The van der Waals surface area contributed by atoms with Crippen LogP contribution in [0.5, 0.6) is 5.75 Å². The molecule has 1 N–H and O–H groups in total. The van der Waals surface area contributed by atoms with Crippen molar-refractivity contribution < 1.29 is 4.74 Å². The van der Waals surface area contributed by atoms with Crippen molar-refractivity contribution in [3.8, 4) is 5.75 Å². The summed E-state index contributed by atoms with van der Waals surface area (Å²) >= 11 is 3.30. The van der Waals surface area contributed by atoms with Crippen LogP contribution in [0.2, 0.25) is 0 Å². The van der Waals surface area contributed by atoms with Crippen molar-refractivity contribution in [2.75, 3.05) is 7.11 Å². The molecule has 0 spiro atoms. The second-order valence-corrected chi connectivity index (χ2v) is 5.40. The number of imidazole rings is 1. The first-order chi connectivity index (χ1) is 8.85. The van der Waals surface area contributed by atoms with Gasteiger partial charge >= 0.3 is 0 Å². The maximum absolute atomic E-state index is 5.17. The molecule has 0 saturated carbocycles. The third kappa shape index (κ3) is 3.79. The number of pyridine rings is 1. The average molecular weight is 350 g/mol. The molecule has 3 aromatic heterocycles. The minimum absolute atomic E-state index is 0. The molecular formula is C12H13Cl2N3OS2. The molecule has 0 unspecified atom stereocenters. The molecule has 8 heteroatoms. The molecule has 0 saturated heterocycles. The fraction of sp³-hybridized carbons (Fsp3) is 0.167. The summed E-state index contributed by atoms with van der Waals surface area (Å²) in [5, 5.41) is 5.04. The van der Waals surface area contributed by atoms with Crippen molar-refractivity contribution in [2.45, 2.75) is 10.9 Å². The first-order valence-electron chi connectivity index (χ1n) is 5.39. The van der Waals surface area contributed by atoms with E-state index >= 15 is 0 Å². The number of thioether (sulfide) groups is 1. The van der Waals surface area contributed by atoms with Crippen molar-refractivity contribution in [1.29, 1.82) is 0 Å². The van der Waals surface area contributed by atoms with Crippen molar-refractivity contribution in [1.82, 2.24) is 15.0 Å². The Hall–Kier alpha value is -0.950. The van der Waals surface area contributed by atoms with Crippen LogP contribution >= 0.6 is 47.9 Å². The molecule has 0 aromatic carbocycles. The maximum atomic E-state index is 5.17. The Balaban J connectivity index is 0.000001000. The van der Waals surface area contributed by atoms with Crippen LogP contribution in [-0.4, -0.2) is 22.1 Å². The van der Waals surface area contributed by atoms with Gasteiger partial charge < -0.3 is 9.72 Å². The van der Waals surface area contributed by atoms with Crippen LogP contribution in [0.1, 0.15) is 5.69 Å². The first-order valence-corrected chi connectivity index (χ1v) is 7.31. The number of nitrogens with zero attached hydrogens (tertiary/aromatic N) is 2. The van der Waals surface area contributed by atoms with Crippen LogP contribution in [0, 0.1) is 0 Å². The van der Waals surface area contributed by atoms with Gasteiger partial charge in [0.25, 0.3) is 0 Å². The Labute approximate surface area is 137 Å². The standard InChI is InChI=1S/C12H11N3OS2.2ClH/c1-16-9-2-3-13-8(4-9)5-18-12-14-10-6-17-7-11(10)15-12;;/h2-4,6-7H,5H2,1H3,(H,14,15);2*1H. The third-order valence-corrected chi connectivity index (χ3v) is 4.12. The van der Waals surface area contributed by atoms with Gasteiger partial charge in [0.05, 0.1) is 18.3 Å². The average Bonchev–Trinajstić information content (AvgIpc) is 2.97. The number of ether oxygens (including phenoxy) is 1. The molecule has 0 atom stereocenters. The summed E-state index contributed by atoms with van der Waals surface area (Å²) in [4.78, 5) is 12.1. The van der Waals surface area contributed by atoms with Crippen LogP contribution in [0.25, 0.3) is 11.0 Å². The molecule has 20 heavy (non-hydrogen) atoms. The van der Waals surface area contributed by atoms with E-state index in [9.17, 15) is 0 Å². The number of rotatable bonds is 4. The van der Waals surface area contributed by atoms with Crippen molar-refractivity contribution in [2.24, 2.45) is 0 Å². The van der Waals surface area contributed by atoms with Gasteiger partial charge in [-0.1, -0.05) is 11.8 Å². The third-order valence-electron chi connectivity index (χ3n) is 2.49. The minimum atomic E-state index is 0. The number of hydrogen-bond acceptors (Lipinski definition) is 5. The number of H-pyrrole nitrogens is 1. The highest BCUT2D eigenvalue weighted by Gasteiger charge is 2.05. The van der Waals surface area contributed by atoms with Crippen molar-refractivity contribution in [3.63, 3.8) is 0 Å². The van der Waals surface area contributed by atoms with E-state index < -0.39 is 0 Å². The monoisotopic (exact) mass is 349 g/mol. The van der Waals surface area contributed by atoms with Gasteiger partial charge in [-0.3, -0.25) is 4.98 Å². The summed E-state index contributed by atoms with van der Waals surface area (Å²) in [6.07, 6.45) is 1.76. The van der Waals surface area contributed by atoms with Gasteiger partial charge in [-0.05, 0) is 6.07 Å². The van der Waals surface area contributed by atoms with Gasteiger partial charge in [0.1, 0.15) is 11.3 Å². The second-order valence-electron chi connectivity index (χ2n) is 3.69. The summed E-state index contributed by atoms with van der Waals surface area (Å²) in [5.41, 5.74) is 3.11. The van der Waals surface area contributed by atoms with E-state index in [1.807, 2.05) is 17.5 Å². The Kier molecular flexibility index (Phi) is 6.61. The molecule has 0 aliphatic carbocycles. The summed E-state index contributed by atoms with van der Waals surface area (Å²) < 4.78 is 5.17. The smallest absolute Gasteiger partial charge is 0.166 e. The number of aromatic nitrogens is 3. The van der Waals surface area contributed by atoms with Gasteiger partial charge in [0.15, 0.2) is 5.16 Å². The summed E-state index contributed by atoms with van der Waals surface area (Å²) in [6, 6.07) is 3.79. The fourth-order valence-corrected chi connectivity index (χ4v) is 3.08. The molecular weight excluding hydrogens is 337 g/mol. The van der Waals surface area contributed by atoms with Crippen LogP contribution in [0.15, 0.2) is 34.2 Å². The Morgan fingerprint density at radius 3 is 2.95 bits per heavy atom. The lowest BCUT2D eigenvalue weighted by Crippen LogP contribution is -1.89. The lowest BCUT2D eigenvalue weighted by molar-refractivity contribution is 0.413. The SMILES string of the molecule is COc1ccnc(CSc2nc3cscc3[nH]2)c1.Cl.Cl. The fourth-order valence-electron chi connectivity index (χ4n) is 1.60. The number of nitrogens with one attached hydrogen (secondary N) is 1. The number of hydrogen-bond donors (Lipinski definition) is 1. The quantitative estimate of drug-likeness (QED) is 0.718. The van der Waals surface area contributed by atoms with E-state index in [-0.39, 0.29) is 24.8 Å². The first kappa shape index (κ1) is 17.1.